The number of nitrogens with one attached hydrogen (secondary N) is 3. The Kier molecular flexibility index (Phi) is 9.28. The number of esters is 1. The van der Waals surface area contributed by atoms with E-state index in [2.05, 4.69) is 16.0 Å². The number of halogens is 1. The van der Waals surface area contributed by atoms with Gasteiger partial charge in [-0.15, -0.1) is 0 Å². The van der Waals surface area contributed by atoms with Gasteiger partial charge in [0.05, 0.1) is 17.0 Å². The van der Waals surface area contributed by atoms with Gasteiger partial charge in [0.25, 0.3) is 5.91 Å². The molecule has 1 saturated carbocycles. The Hall–Kier alpha value is -3.18. The lowest BCUT2D eigenvalue weighted by atomic mass is 9.84. The van der Waals surface area contributed by atoms with E-state index in [9.17, 15) is 24.0 Å². The molecule has 6 atom stereocenters. The Labute approximate surface area is 245 Å². The second kappa shape index (κ2) is 12.4. The lowest BCUT2D eigenvalue weighted by molar-refractivity contribution is -0.165. The van der Waals surface area contributed by atoms with Gasteiger partial charge in [0.2, 0.25) is 24.0 Å². The largest absolute Gasteiger partial charge is 0.433 e. The monoisotopic (exact) mass is 590 g/mol. The van der Waals surface area contributed by atoms with E-state index in [1.807, 2.05) is 20.8 Å². The highest BCUT2D eigenvalue weighted by atomic mass is 35.5. The van der Waals surface area contributed by atoms with Gasteiger partial charge in [0.15, 0.2) is 0 Å². The summed E-state index contributed by atoms with van der Waals surface area (Å²) in [5.74, 6) is -1.90. The molecule has 6 unspecified atom stereocenters. The molecule has 0 spiro atoms. The first-order valence-electron chi connectivity index (χ1n) is 14.2. The fraction of sp³-hybridized carbons (Fsp3) is 0.621. The van der Waals surface area contributed by atoms with Crippen LogP contribution in [0.25, 0.3) is 0 Å². The Morgan fingerprint density at radius 3 is 2.54 bits per heavy atom. The van der Waals surface area contributed by atoms with Crippen LogP contribution < -0.4 is 16.0 Å². The molecule has 12 heteroatoms. The molecule has 1 aromatic rings. The van der Waals surface area contributed by atoms with Crippen LogP contribution in [0.1, 0.15) is 77.1 Å². The Morgan fingerprint density at radius 2 is 1.90 bits per heavy atom. The number of carbonyl (C=O) groups is 5. The molecular formula is C29H39ClN4O7. The SMILES string of the molecule is CCOC1OC(=O)CC1NC(=O)C1C2CCC(C2)N1C(=O)C(NC(=O)c1ccc(NC(=O)CC)cc1Cl)C(C)(C)C. The van der Waals surface area contributed by atoms with Gasteiger partial charge in [-0.1, -0.05) is 39.3 Å². The molecule has 1 aromatic carbocycles. The molecule has 224 valence electrons. The zero-order valence-electron chi connectivity index (χ0n) is 24.1. The van der Waals surface area contributed by atoms with E-state index in [0.29, 0.717) is 25.1 Å². The molecule has 2 bridgehead atoms. The van der Waals surface area contributed by atoms with Crippen LogP contribution in [-0.4, -0.2) is 71.6 Å². The third-order valence-corrected chi connectivity index (χ3v) is 8.25. The summed E-state index contributed by atoms with van der Waals surface area (Å²) in [5, 5.41) is 8.59. The maximum absolute atomic E-state index is 14.2. The van der Waals surface area contributed by atoms with E-state index >= 15 is 0 Å². The predicted molar refractivity (Wildman–Crippen MR) is 151 cm³/mol. The van der Waals surface area contributed by atoms with Crippen molar-refractivity contribution in [3.8, 4) is 0 Å². The highest BCUT2D eigenvalue weighted by molar-refractivity contribution is 6.34. The van der Waals surface area contributed by atoms with Gasteiger partial charge < -0.3 is 30.3 Å². The number of amides is 4. The van der Waals surface area contributed by atoms with Crippen molar-refractivity contribution < 1.29 is 33.4 Å². The number of hydrogen-bond acceptors (Lipinski definition) is 7. The first kappa shape index (κ1) is 30.8. The van der Waals surface area contributed by atoms with Gasteiger partial charge in [0, 0.05) is 24.8 Å². The van der Waals surface area contributed by atoms with Crippen molar-refractivity contribution in [2.45, 2.75) is 97.2 Å². The van der Waals surface area contributed by atoms with E-state index in [1.165, 1.54) is 12.1 Å². The summed E-state index contributed by atoms with van der Waals surface area (Å²) in [6.45, 7) is 9.35. The molecule has 0 radical (unpaired) electrons. The van der Waals surface area contributed by atoms with Crippen LogP contribution in [0, 0.1) is 11.3 Å². The van der Waals surface area contributed by atoms with E-state index in [1.54, 1.807) is 24.8 Å². The number of nitrogens with zero attached hydrogens (tertiary/aromatic N) is 1. The number of anilines is 1. The number of carbonyl (C=O) groups excluding carboxylic acids is 5. The van der Waals surface area contributed by atoms with Crippen molar-refractivity contribution in [3.63, 3.8) is 0 Å². The third kappa shape index (κ3) is 6.67. The molecular weight excluding hydrogens is 552 g/mol. The maximum atomic E-state index is 14.2. The number of cyclic esters (lactones) is 1. The number of fused-ring (bicyclic) bond motifs is 2. The zero-order chi connectivity index (χ0) is 30.1. The first-order valence-corrected chi connectivity index (χ1v) is 14.6. The highest BCUT2D eigenvalue weighted by Gasteiger charge is 2.54. The average Bonchev–Trinajstić information content (AvgIpc) is 3.61. The maximum Gasteiger partial charge on any atom is 0.310 e. The van der Waals surface area contributed by atoms with Gasteiger partial charge >= 0.3 is 5.97 Å². The zero-order valence-corrected chi connectivity index (χ0v) is 24.9. The van der Waals surface area contributed by atoms with E-state index in [0.717, 1.165) is 12.8 Å². The highest BCUT2D eigenvalue weighted by Crippen LogP contribution is 2.44. The normalized spacial score (nSPS) is 26.0. The number of hydrogen-bond donors (Lipinski definition) is 3. The number of rotatable bonds is 9. The smallest absolute Gasteiger partial charge is 0.310 e. The summed E-state index contributed by atoms with van der Waals surface area (Å²) in [6, 6.07) is 2.12. The van der Waals surface area contributed by atoms with Gasteiger partial charge in [0.1, 0.15) is 18.1 Å². The minimum Gasteiger partial charge on any atom is -0.433 e. The van der Waals surface area contributed by atoms with E-state index < -0.39 is 41.7 Å². The topological polar surface area (TPSA) is 143 Å². The molecule has 3 fully saturated rings. The van der Waals surface area contributed by atoms with Crippen LogP contribution in [0.4, 0.5) is 5.69 Å². The van der Waals surface area contributed by atoms with Crippen molar-refractivity contribution in [1.82, 2.24) is 15.5 Å². The first-order chi connectivity index (χ1) is 19.3. The minimum atomic E-state index is -0.951. The van der Waals surface area contributed by atoms with Crippen molar-refractivity contribution >= 4 is 46.9 Å². The van der Waals surface area contributed by atoms with Crippen LogP contribution in [0.2, 0.25) is 5.02 Å². The lowest BCUT2D eigenvalue weighted by Crippen LogP contribution is -2.62. The number of benzene rings is 1. The summed E-state index contributed by atoms with van der Waals surface area (Å²) in [5.41, 5.74) is -0.0684. The summed E-state index contributed by atoms with van der Waals surface area (Å²) in [4.78, 5) is 66.3. The third-order valence-electron chi connectivity index (χ3n) is 7.94. The standard InChI is InChI=1S/C29H39ClN4O7/c1-6-21(35)31-16-9-11-18(19(30)13-16)25(37)33-24(29(3,4)5)27(39)34-17-10-8-15(12-17)23(34)26(38)32-20-14-22(36)41-28(20)40-7-2/h9,11,13,15,17,20,23-24,28H,6-8,10,12,14H2,1-5H3,(H,31,35)(H,32,38)(H,33,37). The van der Waals surface area contributed by atoms with Crippen LogP contribution in [0.15, 0.2) is 18.2 Å². The summed E-state index contributed by atoms with van der Waals surface area (Å²) >= 11 is 6.39. The quantitative estimate of drug-likeness (QED) is 0.375. The summed E-state index contributed by atoms with van der Waals surface area (Å²) in [6.07, 6.45) is 1.70. The van der Waals surface area contributed by atoms with Crippen LogP contribution in [0.5, 0.6) is 0 Å². The fourth-order valence-corrected chi connectivity index (χ4v) is 6.18. The van der Waals surface area contributed by atoms with Crippen molar-refractivity contribution in [2.75, 3.05) is 11.9 Å². The van der Waals surface area contributed by atoms with E-state index in [4.69, 9.17) is 21.1 Å². The lowest BCUT2D eigenvalue weighted by Gasteiger charge is -2.40. The van der Waals surface area contributed by atoms with Gasteiger partial charge in [-0.25, -0.2) is 0 Å². The van der Waals surface area contributed by atoms with Gasteiger partial charge in [-0.05, 0) is 55.7 Å². The number of piperidine rings is 1. The molecule has 3 N–H and O–H groups in total. The second-order valence-electron chi connectivity index (χ2n) is 11.9. The number of ether oxygens (including phenoxy) is 2. The molecule has 0 aromatic heterocycles. The summed E-state index contributed by atoms with van der Waals surface area (Å²) < 4.78 is 10.7. The fourth-order valence-electron chi connectivity index (χ4n) is 5.91. The average molecular weight is 591 g/mol. The van der Waals surface area contributed by atoms with E-state index in [-0.39, 0.29) is 46.7 Å². The summed E-state index contributed by atoms with van der Waals surface area (Å²) in [7, 11) is 0. The predicted octanol–water partition coefficient (Wildman–Crippen LogP) is 3.01. The molecule has 4 amide bonds. The molecule has 4 rings (SSSR count). The number of likely N-dealkylation sites (tertiary alicyclic amines) is 1. The van der Waals surface area contributed by atoms with Crippen molar-refractivity contribution in [1.29, 1.82) is 0 Å². The molecule has 2 heterocycles. The Bertz CT molecular complexity index is 1220. The van der Waals surface area contributed by atoms with Crippen molar-refractivity contribution in [3.05, 3.63) is 28.8 Å². The Morgan fingerprint density at radius 1 is 1.17 bits per heavy atom. The Balaban J connectivity index is 1.53. The van der Waals surface area contributed by atoms with Crippen LogP contribution in [-0.2, 0) is 28.7 Å². The van der Waals surface area contributed by atoms with Gasteiger partial charge in [-0.3, -0.25) is 24.0 Å². The second-order valence-corrected chi connectivity index (χ2v) is 12.3. The molecule has 11 nitrogen and oxygen atoms in total. The van der Waals surface area contributed by atoms with Gasteiger partial charge in [-0.2, -0.15) is 0 Å². The van der Waals surface area contributed by atoms with Crippen molar-refractivity contribution in [2.24, 2.45) is 11.3 Å². The van der Waals surface area contributed by atoms with Crippen LogP contribution >= 0.6 is 11.6 Å². The molecule has 1 aliphatic carbocycles. The molecule has 41 heavy (non-hydrogen) atoms. The molecule has 2 aliphatic heterocycles. The molecule has 2 saturated heterocycles. The molecule has 3 aliphatic rings. The minimum absolute atomic E-state index is 0.00643. The van der Waals surface area contributed by atoms with Crippen LogP contribution in [0.3, 0.4) is 0 Å².